The van der Waals surface area contributed by atoms with Crippen LogP contribution < -0.4 is 10.5 Å². The largest absolute Gasteiger partial charge is 0.495 e. The lowest BCUT2D eigenvalue weighted by Crippen LogP contribution is -2.29. The molecule has 1 fully saturated rings. The summed E-state index contributed by atoms with van der Waals surface area (Å²) < 4.78 is 32.2. The minimum Gasteiger partial charge on any atom is -0.495 e. The van der Waals surface area contributed by atoms with Gasteiger partial charge in [0, 0.05) is 19.6 Å². The Morgan fingerprint density at radius 1 is 1.30 bits per heavy atom. The molecule has 2 atom stereocenters. The molecule has 1 aliphatic rings. The Morgan fingerprint density at radius 3 is 2.40 bits per heavy atom. The van der Waals surface area contributed by atoms with E-state index >= 15 is 0 Å². The van der Waals surface area contributed by atoms with Gasteiger partial charge in [-0.3, -0.25) is 0 Å². The van der Waals surface area contributed by atoms with Crippen molar-refractivity contribution in [2.24, 2.45) is 17.6 Å². The van der Waals surface area contributed by atoms with Crippen LogP contribution in [0.5, 0.6) is 5.75 Å². The van der Waals surface area contributed by atoms with Crippen molar-refractivity contribution in [2.75, 3.05) is 20.2 Å². The smallest absolute Gasteiger partial charge is 0.246 e. The lowest BCUT2D eigenvalue weighted by molar-refractivity contribution is 0.397. The van der Waals surface area contributed by atoms with E-state index in [0.29, 0.717) is 37.2 Å². The van der Waals surface area contributed by atoms with Gasteiger partial charge in [-0.15, -0.1) is 0 Å². The van der Waals surface area contributed by atoms with E-state index in [1.165, 1.54) is 7.11 Å². The second kappa shape index (κ2) is 5.71. The lowest BCUT2D eigenvalue weighted by atomic mass is 10.0. The fourth-order valence-corrected chi connectivity index (χ4v) is 4.24. The Hall–Kier alpha value is -1.11. The van der Waals surface area contributed by atoms with Crippen LogP contribution in [0.2, 0.25) is 0 Å². The third kappa shape index (κ3) is 2.68. The fourth-order valence-electron chi connectivity index (χ4n) is 2.46. The van der Waals surface area contributed by atoms with Crippen LogP contribution in [0.4, 0.5) is 0 Å². The molecule has 2 N–H and O–H groups in total. The molecule has 1 aliphatic heterocycles. The molecule has 0 aromatic heterocycles. The summed E-state index contributed by atoms with van der Waals surface area (Å²) in [5, 5.41) is 0. The van der Waals surface area contributed by atoms with Gasteiger partial charge in [-0.25, -0.2) is 8.42 Å². The molecular weight excluding hydrogens is 276 g/mol. The van der Waals surface area contributed by atoms with Gasteiger partial charge in [0.15, 0.2) is 0 Å². The summed E-state index contributed by atoms with van der Waals surface area (Å²) >= 11 is 0. The van der Waals surface area contributed by atoms with Crippen molar-refractivity contribution < 1.29 is 13.2 Å². The molecule has 2 unspecified atom stereocenters. The first-order chi connectivity index (χ1) is 9.40. The van der Waals surface area contributed by atoms with Crippen molar-refractivity contribution in [1.29, 1.82) is 0 Å². The molecular formula is C14H22N2O3S. The van der Waals surface area contributed by atoms with Gasteiger partial charge in [0.1, 0.15) is 10.6 Å². The third-order valence-corrected chi connectivity index (χ3v) is 5.91. The molecule has 0 spiro atoms. The number of benzene rings is 1. The number of hydrogen-bond donors (Lipinski definition) is 1. The molecule has 0 bridgehead atoms. The maximum atomic E-state index is 12.7. The highest BCUT2D eigenvalue weighted by molar-refractivity contribution is 7.89. The monoisotopic (exact) mass is 298 g/mol. The first kappa shape index (κ1) is 15.3. The normalized spacial score (nSPS) is 24.0. The Bertz CT molecular complexity index is 576. The summed E-state index contributed by atoms with van der Waals surface area (Å²) in [5.74, 6) is 1.11. The van der Waals surface area contributed by atoms with E-state index < -0.39 is 10.0 Å². The number of methoxy groups -OCH3 is 1. The predicted molar refractivity (Wildman–Crippen MR) is 78.0 cm³/mol. The topological polar surface area (TPSA) is 72.6 Å². The van der Waals surface area contributed by atoms with Crippen molar-refractivity contribution in [1.82, 2.24) is 4.31 Å². The minimum atomic E-state index is -3.50. The molecule has 5 nitrogen and oxygen atoms in total. The number of sulfonamides is 1. The molecule has 1 aromatic rings. The van der Waals surface area contributed by atoms with Crippen molar-refractivity contribution in [3.63, 3.8) is 0 Å². The SMILES string of the molecule is COc1cc(CN)ccc1S(=O)(=O)N1CC(C)C(C)C1. The number of hydrogen-bond acceptors (Lipinski definition) is 4. The predicted octanol–water partition coefficient (Wildman–Crippen LogP) is 1.43. The van der Waals surface area contributed by atoms with E-state index in [0.717, 1.165) is 5.56 Å². The highest BCUT2D eigenvalue weighted by atomic mass is 32.2. The van der Waals surface area contributed by atoms with E-state index in [1.54, 1.807) is 22.5 Å². The van der Waals surface area contributed by atoms with Crippen LogP contribution in [0.25, 0.3) is 0 Å². The Morgan fingerprint density at radius 2 is 1.90 bits per heavy atom. The van der Waals surface area contributed by atoms with Crippen LogP contribution in [0.3, 0.4) is 0 Å². The van der Waals surface area contributed by atoms with Gasteiger partial charge in [-0.1, -0.05) is 19.9 Å². The minimum absolute atomic E-state index is 0.221. The fraction of sp³-hybridized carbons (Fsp3) is 0.571. The first-order valence-corrected chi connectivity index (χ1v) is 8.21. The summed E-state index contributed by atoms with van der Waals surface area (Å²) in [6.07, 6.45) is 0. The molecule has 112 valence electrons. The molecule has 1 aromatic carbocycles. The third-order valence-electron chi connectivity index (χ3n) is 4.04. The molecule has 20 heavy (non-hydrogen) atoms. The second-order valence-electron chi connectivity index (χ2n) is 5.47. The van der Waals surface area contributed by atoms with Crippen molar-refractivity contribution in [3.05, 3.63) is 23.8 Å². The van der Waals surface area contributed by atoms with Gasteiger partial charge < -0.3 is 10.5 Å². The number of nitrogens with two attached hydrogens (primary N) is 1. The lowest BCUT2D eigenvalue weighted by Gasteiger charge is -2.18. The van der Waals surface area contributed by atoms with E-state index in [9.17, 15) is 8.42 Å². The zero-order chi connectivity index (χ0) is 14.9. The van der Waals surface area contributed by atoms with Crippen LogP contribution in [0, 0.1) is 11.8 Å². The maximum Gasteiger partial charge on any atom is 0.246 e. The van der Waals surface area contributed by atoms with Gasteiger partial charge in [-0.2, -0.15) is 4.31 Å². The molecule has 2 rings (SSSR count). The molecule has 1 saturated heterocycles. The molecule has 0 amide bonds. The zero-order valence-electron chi connectivity index (χ0n) is 12.2. The van der Waals surface area contributed by atoms with E-state index in [2.05, 4.69) is 13.8 Å². The maximum absolute atomic E-state index is 12.7. The standard InChI is InChI=1S/C14H22N2O3S/c1-10-8-16(9-11(10)2)20(17,18)14-5-4-12(7-15)6-13(14)19-3/h4-6,10-11H,7-9,15H2,1-3H3. The zero-order valence-corrected chi connectivity index (χ0v) is 13.0. The van der Waals surface area contributed by atoms with Crippen LogP contribution >= 0.6 is 0 Å². The van der Waals surface area contributed by atoms with Gasteiger partial charge in [0.05, 0.1) is 7.11 Å². The van der Waals surface area contributed by atoms with E-state index in [4.69, 9.17) is 10.5 Å². The van der Waals surface area contributed by atoms with E-state index in [-0.39, 0.29) is 4.90 Å². The van der Waals surface area contributed by atoms with Crippen LogP contribution in [0.15, 0.2) is 23.1 Å². The summed E-state index contributed by atoms with van der Waals surface area (Å²) in [6.45, 7) is 5.63. The summed E-state index contributed by atoms with van der Waals surface area (Å²) in [5.41, 5.74) is 6.43. The van der Waals surface area contributed by atoms with Crippen LogP contribution in [-0.4, -0.2) is 32.9 Å². The molecule has 0 saturated carbocycles. The van der Waals surface area contributed by atoms with Gasteiger partial charge in [0.25, 0.3) is 0 Å². The quantitative estimate of drug-likeness (QED) is 0.912. The van der Waals surface area contributed by atoms with Gasteiger partial charge >= 0.3 is 0 Å². The number of ether oxygens (including phenoxy) is 1. The average Bonchev–Trinajstić information content (AvgIpc) is 2.78. The molecule has 0 aliphatic carbocycles. The van der Waals surface area contributed by atoms with Crippen molar-refractivity contribution >= 4 is 10.0 Å². The Kier molecular flexibility index (Phi) is 4.36. The van der Waals surface area contributed by atoms with Crippen LogP contribution in [-0.2, 0) is 16.6 Å². The molecule has 1 heterocycles. The second-order valence-corrected chi connectivity index (χ2v) is 7.37. The number of rotatable bonds is 4. The van der Waals surface area contributed by atoms with Crippen LogP contribution in [0.1, 0.15) is 19.4 Å². The summed E-state index contributed by atoms with van der Waals surface area (Å²) in [7, 11) is -2.03. The highest BCUT2D eigenvalue weighted by Crippen LogP contribution is 2.32. The molecule has 6 heteroatoms. The van der Waals surface area contributed by atoms with Crippen molar-refractivity contribution in [3.8, 4) is 5.75 Å². The molecule has 0 radical (unpaired) electrons. The first-order valence-electron chi connectivity index (χ1n) is 6.77. The highest BCUT2D eigenvalue weighted by Gasteiger charge is 2.36. The van der Waals surface area contributed by atoms with E-state index in [1.807, 2.05) is 0 Å². The van der Waals surface area contributed by atoms with Crippen molar-refractivity contribution in [2.45, 2.75) is 25.3 Å². The Balaban J connectivity index is 2.39. The Labute approximate surface area is 120 Å². The van der Waals surface area contributed by atoms with Gasteiger partial charge in [-0.05, 0) is 29.5 Å². The number of nitrogens with zero attached hydrogens (tertiary/aromatic N) is 1. The van der Waals surface area contributed by atoms with Gasteiger partial charge in [0.2, 0.25) is 10.0 Å². The average molecular weight is 298 g/mol. The summed E-state index contributed by atoms with van der Waals surface area (Å²) in [4.78, 5) is 0.221. The summed E-state index contributed by atoms with van der Waals surface area (Å²) in [6, 6.07) is 5.01.